The zero-order chi connectivity index (χ0) is 25.2. The van der Waals surface area contributed by atoms with Gasteiger partial charge in [0.1, 0.15) is 27.3 Å². The Balaban J connectivity index is 1.26. The first-order chi connectivity index (χ1) is 17.4. The molecule has 7 nitrogen and oxygen atoms in total. The second kappa shape index (κ2) is 10.3. The highest BCUT2D eigenvalue weighted by Gasteiger charge is 2.29. The van der Waals surface area contributed by atoms with E-state index in [-0.39, 0.29) is 17.2 Å². The highest BCUT2D eigenvalue weighted by atomic mass is 35.5. The summed E-state index contributed by atoms with van der Waals surface area (Å²) in [7, 11) is 0. The highest BCUT2D eigenvalue weighted by Crippen LogP contribution is 2.41. The SMILES string of the molecule is O=C(Cc1nnc(-c2ccc(Cl)cc2)s1)c1ccc(Oc2cc3c(cc2Cl)C(C(=O)O)CCO3)cc1. The summed E-state index contributed by atoms with van der Waals surface area (Å²) in [4.78, 5) is 24.3. The third-order valence-corrected chi connectivity index (χ3v) is 7.20. The second-order valence-corrected chi connectivity index (χ2v) is 9.99. The molecule has 0 amide bonds. The van der Waals surface area contributed by atoms with Crippen molar-refractivity contribution in [1.82, 2.24) is 10.2 Å². The van der Waals surface area contributed by atoms with E-state index in [0.717, 1.165) is 10.6 Å². The largest absolute Gasteiger partial charge is 0.493 e. The molecule has 10 heteroatoms. The van der Waals surface area contributed by atoms with Crippen LogP contribution in [0.25, 0.3) is 10.6 Å². The zero-order valence-corrected chi connectivity index (χ0v) is 20.9. The molecule has 5 rings (SSSR count). The van der Waals surface area contributed by atoms with Gasteiger partial charge in [-0.15, -0.1) is 10.2 Å². The van der Waals surface area contributed by atoms with Gasteiger partial charge < -0.3 is 14.6 Å². The van der Waals surface area contributed by atoms with Crippen molar-refractivity contribution >= 4 is 46.3 Å². The first-order valence-electron chi connectivity index (χ1n) is 11.0. The van der Waals surface area contributed by atoms with Crippen LogP contribution in [-0.2, 0) is 11.2 Å². The lowest BCUT2D eigenvalue weighted by Gasteiger charge is -2.24. The minimum atomic E-state index is -0.917. The molecule has 1 N–H and O–H groups in total. The van der Waals surface area contributed by atoms with Gasteiger partial charge in [0.2, 0.25) is 0 Å². The van der Waals surface area contributed by atoms with Crippen molar-refractivity contribution in [1.29, 1.82) is 0 Å². The van der Waals surface area contributed by atoms with Crippen LogP contribution >= 0.6 is 34.5 Å². The van der Waals surface area contributed by atoms with Crippen molar-refractivity contribution in [2.45, 2.75) is 18.8 Å². The summed E-state index contributed by atoms with van der Waals surface area (Å²) in [6.07, 6.45) is 0.512. The molecular formula is C26H18Cl2N2O5S. The van der Waals surface area contributed by atoms with Gasteiger partial charge in [0.25, 0.3) is 0 Å². The number of carbonyl (C=O) groups is 2. The fraction of sp³-hybridized carbons (Fsp3) is 0.154. The van der Waals surface area contributed by atoms with Crippen LogP contribution in [0.15, 0.2) is 60.7 Å². The molecule has 1 aromatic heterocycles. The van der Waals surface area contributed by atoms with E-state index in [9.17, 15) is 14.7 Å². The summed E-state index contributed by atoms with van der Waals surface area (Å²) in [6.45, 7) is 0.303. The monoisotopic (exact) mass is 540 g/mol. The molecule has 1 unspecified atom stereocenters. The predicted molar refractivity (Wildman–Crippen MR) is 137 cm³/mol. The van der Waals surface area contributed by atoms with Gasteiger partial charge in [-0.05, 0) is 48.9 Å². The van der Waals surface area contributed by atoms with Gasteiger partial charge in [-0.1, -0.05) is 46.7 Å². The van der Waals surface area contributed by atoms with E-state index in [0.29, 0.717) is 51.4 Å². The van der Waals surface area contributed by atoms with Crippen LogP contribution in [0.4, 0.5) is 0 Å². The third kappa shape index (κ3) is 5.21. The minimum absolute atomic E-state index is 0.0970. The Morgan fingerprint density at radius 3 is 2.53 bits per heavy atom. The van der Waals surface area contributed by atoms with E-state index < -0.39 is 11.9 Å². The quantitative estimate of drug-likeness (QED) is 0.261. The van der Waals surface area contributed by atoms with E-state index in [2.05, 4.69) is 10.2 Å². The van der Waals surface area contributed by atoms with Crippen LogP contribution in [0.5, 0.6) is 17.2 Å². The zero-order valence-electron chi connectivity index (χ0n) is 18.6. The first-order valence-corrected chi connectivity index (χ1v) is 12.5. The van der Waals surface area contributed by atoms with Crippen LogP contribution in [-0.4, -0.2) is 33.7 Å². The molecule has 0 radical (unpaired) electrons. The van der Waals surface area contributed by atoms with Gasteiger partial charge in [-0.25, -0.2) is 0 Å². The fourth-order valence-corrected chi connectivity index (χ4v) is 5.01. The van der Waals surface area contributed by atoms with Gasteiger partial charge in [0.05, 0.1) is 24.0 Å². The predicted octanol–water partition coefficient (Wildman–Crippen LogP) is 6.68. The molecule has 0 spiro atoms. The summed E-state index contributed by atoms with van der Waals surface area (Å²) in [6, 6.07) is 17.1. The smallest absolute Gasteiger partial charge is 0.311 e. The Hall–Kier alpha value is -3.46. The van der Waals surface area contributed by atoms with Crippen LogP contribution in [0, 0.1) is 0 Å². The van der Waals surface area contributed by atoms with Crippen LogP contribution in [0.1, 0.15) is 33.3 Å². The number of hydrogen-bond donors (Lipinski definition) is 1. The molecule has 1 aliphatic rings. The molecule has 4 aromatic rings. The lowest BCUT2D eigenvalue weighted by Crippen LogP contribution is -2.20. The van der Waals surface area contributed by atoms with E-state index in [1.807, 2.05) is 12.1 Å². The number of aliphatic carboxylic acids is 1. The standard InChI is InChI=1S/C26H18Cl2N2O5S/c27-16-5-1-15(2-6-16)25-30-29-24(36-25)12-21(31)14-3-7-17(8-4-14)35-23-13-22-19(11-20(23)28)18(26(32)33)9-10-34-22/h1-8,11,13,18H,9-10,12H2,(H,32,33). The van der Waals surface area contributed by atoms with Crippen LogP contribution in [0.3, 0.4) is 0 Å². The van der Waals surface area contributed by atoms with E-state index in [4.69, 9.17) is 32.7 Å². The number of carboxylic acid groups (broad SMARTS) is 1. The van der Waals surface area contributed by atoms with Crippen molar-refractivity contribution in [3.05, 3.63) is 86.8 Å². The summed E-state index contributed by atoms with van der Waals surface area (Å²) >= 11 is 13.7. The molecule has 1 aliphatic heterocycles. The Bertz CT molecular complexity index is 1440. The number of ether oxygens (including phenoxy) is 2. The average Bonchev–Trinajstić information content (AvgIpc) is 3.33. The maximum Gasteiger partial charge on any atom is 0.311 e. The first kappa shape index (κ1) is 24.2. The number of rotatable bonds is 7. The molecule has 0 aliphatic carbocycles. The summed E-state index contributed by atoms with van der Waals surface area (Å²) in [5, 5.41) is 20.0. The van der Waals surface area contributed by atoms with Crippen molar-refractivity contribution in [2.75, 3.05) is 6.61 Å². The van der Waals surface area contributed by atoms with Crippen LogP contribution < -0.4 is 9.47 Å². The Morgan fingerprint density at radius 1 is 1.06 bits per heavy atom. The summed E-state index contributed by atoms with van der Waals surface area (Å²) in [5.74, 6) is -0.431. The minimum Gasteiger partial charge on any atom is -0.493 e. The van der Waals surface area contributed by atoms with E-state index in [1.54, 1.807) is 48.5 Å². The fourth-order valence-electron chi connectivity index (χ4n) is 3.83. The molecular weight excluding hydrogens is 523 g/mol. The third-order valence-electron chi connectivity index (χ3n) is 5.68. The molecule has 0 saturated carbocycles. The van der Waals surface area contributed by atoms with Gasteiger partial charge in [-0.2, -0.15) is 0 Å². The number of carboxylic acids is 1. The molecule has 36 heavy (non-hydrogen) atoms. The maximum absolute atomic E-state index is 12.8. The van der Waals surface area contributed by atoms with Gasteiger partial charge in [-0.3, -0.25) is 9.59 Å². The van der Waals surface area contributed by atoms with Gasteiger partial charge in [0.15, 0.2) is 5.78 Å². The molecule has 3 aromatic carbocycles. The molecule has 0 saturated heterocycles. The number of Topliss-reactive ketones (excluding diaryl/α,β-unsaturated/α-hetero) is 1. The van der Waals surface area contributed by atoms with Crippen molar-refractivity contribution < 1.29 is 24.2 Å². The second-order valence-electron chi connectivity index (χ2n) is 8.08. The Morgan fingerprint density at radius 2 is 1.81 bits per heavy atom. The van der Waals surface area contributed by atoms with Gasteiger partial charge >= 0.3 is 5.97 Å². The maximum atomic E-state index is 12.8. The molecule has 182 valence electrons. The highest BCUT2D eigenvalue weighted by molar-refractivity contribution is 7.14. The number of benzene rings is 3. The van der Waals surface area contributed by atoms with Crippen molar-refractivity contribution in [3.63, 3.8) is 0 Å². The Labute approximate surface area is 220 Å². The molecule has 0 bridgehead atoms. The molecule has 2 heterocycles. The number of ketones is 1. The van der Waals surface area contributed by atoms with Crippen LogP contribution in [0.2, 0.25) is 10.0 Å². The lowest BCUT2D eigenvalue weighted by atomic mass is 9.93. The number of fused-ring (bicyclic) bond motifs is 1. The van der Waals surface area contributed by atoms with Crippen molar-refractivity contribution in [3.8, 4) is 27.8 Å². The summed E-state index contributed by atoms with van der Waals surface area (Å²) in [5.41, 5.74) is 1.93. The molecule has 0 fully saturated rings. The number of halogens is 2. The van der Waals surface area contributed by atoms with Crippen molar-refractivity contribution in [2.24, 2.45) is 0 Å². The number of hydrogen-bond acceptors (Lipinski definition) is 7. The molecule has 1 atom stereocenters. The Kier molecular flexibility index (Phi) is 6.91. The summed E-state index contributed by atoms with van der Waals surface area (Å²) < 4.78 is 11.5. The number of carbonyl (C=O) groups excluding carboxylic acids is 1. The number of nitrogens with zero attached hydrogens (tertiary/aromatic N) is 2. The lowest BCUT2D eigenvalue weighted by molar-refractivity contribution is -0.139. The van der Waals surface area contributed by atoms with E-state index in [1.165, 1.54) is 11.3 Å². The average molecular weight is 541 g/mol. The van der Waals surface area contributed by atoms with Gasteiger partial charge in [0, 0.05) is 27.8 Å². The van der Waals surface area contributed by atoms with E-state index >= 15 is 0 Å². The normalized spacial score (nSPS) is 14.6. The topological polar surface area (TPSA) is 98.6 Å². The number of aromatic nitrogens is 2.